The van der Waals surface area contributed by atoms with E-state index in [4.69, 9.17) is 0 Å². The second kappa shape index (κ2) is 7.23. The van der Waals surface area contributed by atoms with Gasteiger partial charge in [-0.3, -0.25) is 9.78 Å². The Labute approximate surface area is 147 Å². The molecule has 1 aliphatic heterocycles. The van der Waals surface area contributed by atoms with Gasteiger partial charge < -0.3 is 10.2 Å². The molecule has 0 radical (unpaired) electrons. The Morgan fingerprint density at radius 3 is 2.72 bits per heavy atom. The number of rotatable bonds is 5. The Morgan fingerprint density at radius 2 is 2.04 bits per heavy atom. The van der Waals surface area contributed by atoms with Gasteiger partial charge in [0.25, 0.3) is 5.91 Å². The van der Waals surface area contributed by atoms with Crippen molar-refractivity contribution in [1.82, 2.24) is 9.88 Å². The molecule has 6 nitrogen and oxygen atoms in total. The fourth-order valence-electron chi connectivity index (χ4n) is 2.88. The van der Waals surface area contributed by atoms with Crippen LogP contribution in [0.4, 0.5) is 5.69 Å². The fourth-order valence-corrected chi connectivity index (χ4v) is 4.66. The van der Waals surface area contributed by atoms with Crippen LogP contribution in [0.15, 0.2) is 48.7 Å². The molecule has 1 amide bonds. The molecule has 1 saturated heterocycles. The van der Waals surface area contributed by atoms with Crippen LogP contribution in [0.1, 0.15) is 22.5 Å². The Balaban J connectivity index is 1.67. The van der Waals surface area contributed by atoms with E-state index in [1.165, 1.54) is 4.90 Å². The van der Waals surface area contributed by atoms with Crippen molar-refractivity contribution in [3.63, 3.8) is 0 Å². The molecule has 1 unspecified atom stereocenters. The third-order valence-electron chi connectivity index (χ3n) is 4.39. The first-order valence-electron chi connectivity index (χ1n) is 8.16. The van der Waals surface area contributed by atoms with Crippen LogP contribution < -0.4 is 5.32 Å². The van der Waals surface area contributed by atoms with Gasteiger partial charge in [0.15, 0.2) is 9.84 Å². The quantitative estimate of drug-likeness (QED) is 0.883. The van der Waals surface area contributed by atoms with Gasteiger partial charge >= 0.3 is 0 Å². The normalized spacial score (nSPS) is 18.7. The highest BCUT2D eigenvalue weighted by atomic mass is 32.2. The van der Waals surface area contributed by atoms with Crippen LogP contribution in [0, 0.1) is 0 Å². The summed E-state index contributed by atoms with van der Waals surface area (Å²) >= 11 is 0. The molecule has 1 aliphatic rings. The van der Waals surface area contributed by atoms with Gasteiger partial charge in [0.05, 0.1) is 11.5 Å². The maximum absolute atomic E-state index is 12.6. The van der Waals surface area contributed by atoms with Gasteiger partial charge in [-0.2, -0.15) is 0 Å². The van der Waals surface area contributed by atoms with E-state index in [-0.39, 0.29) is 23.5 Å². The number of aromatic nitrogens is 1. The minimum Gasteiger partial charge on any atom is -0.381 e. The number of carbonyl (C=O) groups is 1. The van der Waals surface area contributed by atoms with Gasteiger partial charge in [0.1, 0.15) is 5.69 Å². The van der Waals surface area contributed by atoms with Crippen LogP contribution >= 0.6 is 0 Å². The highest BCUT2D eigenvalue weighted by Gasteiger charge is 2.33. The van der Waals surface area contributed by atoms with Crippen LogP contribution in [0.25, 0.3) is 0 Å². The average molecular weight is 359 g/mol. The van der Waals surface area contributed by atoms with Crippen molar-refractivity contribution in [3.8, 4) is 0 Å². The number of amides is 1. The predicted molar refractivity (Wildman–Crippen MR) is 97.2 cm³/mol. The zero-order chi connectivity index (χ0) is 17.9. The lowest BCUT2D eigenvalue weighted by molar-refractivity contribution is 0.0742. The van der Waals surface area contributed by atoms with Gasteiger partial charge in [-0.25, -0.2) is 8.42 Å². The van der Waals surface area contributed by atoms with Crippen molar-refractivity contribution in [1.29, 1.82) is 0 Å². The summed E-state index contributed by atoms with van der Waals surface area (Å²) in [6, 6.07) is 13.2. The molecule has 25 heavy (non-hydrogen) atoms. The molecule has 132 valence electrons. The smallest absolute Gasteiger partial charge is 0.272 e. The molecular weight excluding hydrogens is 338 g/mol. The topological polar surface area (TPSA) is 79.4 Å². The zero-order valence-electron chi connectivity index (χ0n) is 14.1. The largest absolute Gasteiger partial charge is 0.381 e. The SMILES string of the molecule is CN(C(=O)c1cc(NCc2ccccc2)ccn1)C1CCS(=O)(=O)C1. The van der Waals surface area contributed by atoms with E-state index >= 15 is 0 Å². The number of pyridine rings is 1. The number of hydrogen-bond donors (Lipinski definition) is 1. The van der Waals surface area contributed by atoms with Crippen LogP contribution in [0.2, 0.25) is 0 Å². The van der Waals surface area contributed by atoms with Gasteiger partial charge in [0, 0.05) is 31.5 Å². The van der Waals surface area contributed by atoms with E-state index in [9.17, 15) is 13.2 Å². The number of benzene rings is 1. The van der Waals surface area contributed by atoms with Crippen LogP contribution in [-0.2, 0) is 16.4 Å². The first kappa shape index (κ1) is 17.4. The van der Waals surface area contributed by atoms with Gasteiger partial charge in [0.2, 0.25) is 0 Å². The molecule has 1 aromatic heterocycles. The minimum atomic E-state index is -3.03. The van der Waals surface area contributed by atoms with Crippen LogP contribution in [0.5, 0.6) is 0 Å². The summed E-state index contributed by atoms with van der Waals surface area (Å²) in [4.78, 5) is 18.2. The Morgan fingerprint density at radius 1 is 1.28 bits per heavy atom. The molecule has 7 heteroatoms. The van der Waals surface area contributed by atoms with Crippen molar-refractivity contribution >= 4 is 21.4 Å². The lowest BCUT2D eigenvalue weighted by Gasteiger charge is -2.23. The first-order valence-corrected chi connectivity index (χ1v) is 9.98. The van der Waals surface area contributed by atoms with E-state index in [2.05, 4.69) is 10.3 Å². The minimum absolute atomic E-state index is 0.0290. The van der Waals surface area contributed by atoms with Gasteiger partial charge in [-0.1, -0.05) is 30.3 Å². The van der Waals surface area contributed by atoms with Crippen LogP contribution in [0.3, 0.4) is 0 Å². The fraction of sp³-hybridized carbons (Fsp3) is 0.333. The third kappa shape index (κ3) is 4.36. The molecule has 3 rings (SSSR count). The summed E-state index contributed by atoms with van der Waals surface area (Å²) < 4.78 is 23.2. The predicted octanol–water partition coefficient (Wildman–Crippen LogP) is 1.95. The summed E-state index contributed by atoms with van der Waals surface area (Å²) in [6.45, 7) is 0.648. The number of hydrogen-bond acceptors (Lipinski definition) is 5. The second-order valence-corrected chi connectivity index (χ2v) is 8.47. The van der Waals surface area contributed by atoms with Gasteiger partial charge in [-0.05, 0) is 24.1 Å². The molecule has 0 aliphatic carbocycles. The summed E-state index contributed by atoms with van der Waals surface area (Å²) in [5, 5.41) is 3.27. The van der Waals surface area contributed by atoms with E-state index in [1.54, 1.807) is 25.4 Å². The zero-order valence-corrected chi connectivity index (χ0v) is 14.9. The summed E-state index contributed by atoms with van der Waals surface area (Å²) in [6.07, 6.45) is 2.07. The standard InChI is InChI=1S/C18H21N3O3S/c1-21(16-8-10-25(23,24)13-16)18(22)17-11-15(7-9-19-17)20-12-14-5-3-2-4-6-14/h2-7,9,11,16H,8,10,12-13H2,1H3,(H,19,20). The molecule has 0 saturated carbocycles. The molecule has 1 N–H and O–H groups in total. The number of nitrogens with zero attached hydrogens (tertiary/aromatic N) is 2. The number of nitrogens with one attached hydrogen (secondary N) is 1. The summed E-state index contributed by atoms with van der Waals surface area (Å²) in [5.74, 6) is -0.0896. The molecule has 2 aromatic rings. The lowest BCUT2D eigenvalue weighted by Crippen LogP contribution is -2.38. The molecule has 0 bridgehead atoms. The average Bonchev–Trinajstić information content (AvgIpc) is 3.00. The summed E-state index contributed by atoms with van der Waals surface area (Å²) in [7, 11) is -1.39. The highest BCUT2D eigenvalue weighted by Crippen LogP contribution is 2.19. The second-order valence-electron chi connectivity index (χ2n) is 6.24. The Bertz CT molecular complexity index is 853. The van der Waals surface area contributed by atoms with E-state index in [1.807, 2.05) is 30.3 Å². The summed E-state index contributed by atoms with van der Waals surface area (Å²) in [5.41, 5.74) is 2.25. The van der Waals surface area contributed by atoms with Crippen molar-refractivity contribution < 1.29 is 13.2 Å². The molecule has 1 fully saturated rings. The number of carbonyl (C=O) groups excluding carboxylic acids is 1. The maximum Gasteiger partial charge on any atom is 0.272 e. The first-order chi connectivity index (χ1) is 11.9. The van der Waals surface area contributed by atoms with Crippen molar-refractivity contribution in [2.75, 3.05) is 23.9 Å². The molecule has 1 aromatic carbocycles. The van der Waals surface area contributed by atoms with Crippen molar-refractivity contribution in [2.45, 2.75) is 19.0 Å². The molecule has 2 heterocycles. The molecular formula is C18H21N3O3S. The number of sulfone groups is 1. The Kier molecular flexibility index (Phi) is 5.03. The molecule has 0 spiro atoms. The van der Waals surface area contributed by atoms with Crippen molar-refractivity contribution in [3.05, 3.63) is 59.9 Å². The van der Waals surface area contributed by atoms with E-state index in [0.717, 1.165) is 11.3 Å². The van der Waals surface area contributed by atoms with Crippen molar-refractivity contribution in [2.24, 2.45) is 0 Å². The monoisotopic (exact) mass is 359 g/mol. The Hall–Kier alpha value is -2.41. The highest BCUT2D eigenvalue weighted by molar-refractivity contribution is 7.91. The molecule has 1 atom stereocenters. The van der Waals surface area contributed by atoms with Crippen LogP contribution in [-0.4, -0.2) is 48.8 Å². The van der Waals surface area contributed by atoms with E-state index < -0.39 is 9.84 Å². The third-order valence-corrected chi connectivity index (χ3v) is 6.15. The maximum atomic E-state index is 12.6. The van der Waals surface area contributed by atoms with Gasteiger partial charge in [-0.15, -0.1) is 0 Å². The lowest BCUT2D eigenvalue weighted by atomic mass is 10.2. The number of anilines is 1. The van der Waals surface area contributed by atoms with E-state index in [0.29, 0.717) is 18.7 Å².